The lowest BCUT2D eigenvalue weighted by atomic mass is 10.2. The molecule has 0 radical (unpaired) electrons. The molecule has 0 unspecified atom stereocenters. The number of aromatic nitrogens is 2. The van der Waals surface area contributed by atoms with Crippen LogP contribution in [0.5, 0.6) is 0 Å². The second kappa shape index (κ2) is 9.12. The maximum atomic E-state index is 14.2. The van der Waals surface area contributed by atoms with Gasteiger partial charge in [0.1, 0.15) is 15.4 Å². The Morgan fingerprint density at radius 2 is 1.97 bits per heavy atom. The molecular formula is C26H23FN4OS2. The average molecular weight is 491 g/mol. The topological polar surface area (TPSA) is 50.2 Å². The van der Waals surface area contributed by atoms with Crippen LogP contribution in [0.3, 0.4) is 0 Å². The van der Waals surface area contributed by atoms with Crippen LogP contribution in [0.1, 0.15) is 18.1 Å². The lowest BCUT2D eigenvalue weighted by Crippen LogP contribution is -2.33. The van der Waals surface area contributed by atoms with Crippen molar-refractivity contribution in [3.8, 4) is 0 Å². The molecule has 2 aromatic carbocycles. The number of thiazole rings is 1. The molecule has 0 atom stereocenters. The monoisotopic (exact) mass is 490 g/mol. The Morgan fingerprint density at radius 1 is 1.15 bits per heavy atom. The summed E-state index contributed by atoms with van der Waals surface area (Å²) in [6.45, 7) is 4.59. The summed E-state index contributed by atoms with van der Waals surface area (Å²) in [6, 6.07) is 14.7. The zero-order valence-electron chi connectivity index (χ0n) is 19.0. The van der Waals surface area contributed by atoms with Crippen LogP contribution < -0.4 is 25.0 Å². The minimum atomic E-state index is -0.339. The van der Waals surface area contributed by atoms with Gasteiger partial charge in [-0.15, -0.1) is 11.3 Å². The summed E-state index contributed by atoms with van der Waals surface area (Å²) in [5.41, 5.74) is 4.16. The standard InChI is InChI=1S/C26H23FN4OS2/c1-4-31-23(14-17-11-12-28-15-20(17)29-19-8-6-5-7-18(19)27)34-24(25(31)32)26-30(3)21-13-16(2)9-10-22(21)33-26/h5-15,29H,4H2,1-3H3/b23-14-,26-24?. The van der Waals surface area contributed by atoms with Crippen LogP contribution in [0.2, 0.25) is 0 Å². The summed E-state index contributed by atoms with van der Waals surface area (Å²) in [7, 11) is 2.01. The summed E-state index contributed by atoms with van der Waals surface area (Å²) < 4.78 is 17.5. The van der Waals surface area contributed by atoms with E-state index in [1.54, 1.807) is 46.9 Å². The number of thioether (sulfide) groups is 1. The van der Waals surface area contributed by atoms with Gasteiger partial charge in [0, 0.05) is 30.2 Å². The number of hydrogen-bond donors (Lipinski definition) is 1. The van der Waals surface area contributed by atoms with Crippen molar-refractivity contribution < 1.29 is 4.39 Å². The van der Waals surface area contributed by atoms with E-state index >= 15 is 0 Å². The predicted octanol–water partition coefficient (Wildman–Crippen LogP) is 4.65. The van der Waals surface area contributed by atoms with E-state index in [-0.39, 0.29) is 11.4 Å². The predicted molar refractivity (Wildman–Crippen MR) is 140 cm³/mol. The van der Waals surface area contributed by atoms with E-state index in [1.807, 2.05) is 26.1 Å². The molecule has 3 heterocycles. The number of pyridine rings is 1. The number of aryl methyl sites for hydroxylation is 1. The normalized spacial score (nSPS) is 15.1. The first-order valence-electron chi connectivity index (χ1n) is 10.9. The Hall–Kier alpha value is -3.36. The van der Waals surface area contributed by atoms with E-state index in [4.69, 9.17) is 0 Å². The van der Waals surface area contributed by atoms with Crippen LogP contribution in [0.4, 0.5) is 21.5 Å². The molecule has 1 N–H and O–H groups in total. The third-order valence-corrected chi connectivity index (χ3v) is 8.17. The maximum Gasteiger partial charge on any atom is 0.271 e. The van der Waals surface area contributed by atoms with Crippen molar-refractivity contribution in [2.75, 3.05) is 17.3 Å². The second-order valence-electron chi connectivity index (χ2n) is 7.97. The molecule has 0 saturated carbocycles. The third-order valence-electron chi connectivity index (χ3n) is 5.69. The highest BCUT2D eigenvalue weighted by Crippen LogP contribution is 2.45. The number of nitrogens with one attached hydrogen (secondary N) is 1. The molecule has 0 amide bonds. The highest BCUT2D eigenvalue weighted by molar-refractivity contribution is 8.08. The molecule has 5 nitrogen and oxygen atoms in total. The van der Waals surface area contributed by atoms with Crippen LogP contribution in [-0.4, -0.2) is 16.6 Å². The fourth-order valence-corrected chi connectivity index (χ4v) is 6.35. The zero-order valence-corrected chi connectivity index (χ0v) is 20.6. The van der Waals surface area contributed by atoms with Gasteiger partial charge in [-0.25, -0.2) is 4.39 Å². The zero-order chi connectivity index (χ0) is 23.8. The fraction of sp³-hybridized carbons (Fsp3) is 0.154. The molecule has 5 rings (SSSR count). The largest absolute Gasteiger partial charge is 0.351 e. The summed E-state index contributed by atoms with van der Waals surface area (Å²) in [4.78, 5) is 20.8. The van der Waals surface area contributed by atoms with Gasteiger partial charge in [-0.2, -0.15) is 0 Å². The van der Waals surface area contributed by atoms with Gasteiger partial charge in [0.25, 0.3) is 5.56 Å². The van der Waals surface area contributed by atoms with E-state index in [2.05, 4.69) is 40.3 Å². The highest BCUT2D eigenvalue weighted by Gasteiger charge is 2.24. The minimum absolute atomic E-state index is 0.00435. The Balaban J connectivity index is 1.63. The number of nitrogens with zero attached hydrogens (tertiary/aromatic N) is 3. The van der Waals surface area contributed by atoms with Crippen molar-refractivity contribution in [2.24, 2.45) is 0 Å². The number of fused-ring (bicyclic) bond motifs is 1. The van der Waals surface area contributed by atoms with Gasteiger partial charge >= 0.3 is 0 Å². The van der Waals surface area contributed by atoms with E-state index in [0.29, 0.717) is 22.5 Å². The molecule has 2 aromatic heterocycles. The molecular weight excluding hydrogens is 467 g/mol. The van der Waals surface area contributed by atoms with Gasteiger partial charge < -0.3 is 10.2 Å². The third kappa shape index (κ3) is 4.03. The number of halogens is 1. The molecule has 1 aliphatic rings. The van der Waals surface area contributed by atoms with Crippen LogP contribution in [0.15, 0.2) is 70.6 Å². The van der Waals surface area contributed by atoms with Gasteiger partial charge in [0.2, 0.25) is 0 Å². The number of benzene rings is 2. The quantitative estimate of drug-likeness (QED) is 0.451. The SMILES string of the molecule is CCn1c(=O)c(=C2Sc3ccc(C)cc3N2C)s/c1=C\c1ccncc1Nc1ccccc1F. The summed E-state index contributed by atoms with van der Waals surface area (Å²) >= 11 is 3.10. The number of anilines is 3. The Morgan fingerprint density at radius 3 is 2.76 bits per heavy atom. The summed E-state index contributed by atoms with van der Waals surface area (Å²) in [5.74, 6) is -0.339. The Kier molecular flexibility index (Phi) is 6.02. The van der Waals surface area contributed by atoms with Gasteiger partial charge in [0.05, 0.1) is 27.9 Å². The van der Waals surface area contributed by atoms with Crippen LogP contribution >= 0.6 is 23.1 Å². The number of para-hydroxylation sites is 1. The smallest absolute Gasteiger partial charge is 0.271 e. The second-order valence-corrected chi connectivity index (χ2v) is 10.0. The van der Waals surface area contributed by atoms with Gasteiger partial charge in [-0.1, -0.05) is 30.0 Å². The maximum absolute atomic E-state index is 14.2. The first kappa shape index (κ1) is 22.4. The van der Waals surface area contributed by atoms with Crippen molar-refractivity contribution >= 4 is 51.3 Å². The molecule has 172 valence electrons. The molecule has 0 spiro atoms. The van der Waals surface area contributed by atoms with Gasteiger partial charge in [0.15, 0.2) is 0 Å². The molecule has 1 aliphatic heterocycles. The van der Waals surface area contributed by atoms with Crippen molar-refractivity contribution in [3.05, 3.63) is 97.4 Å². The van der Waals surface area contributed by atoms with Crippen molar-refractivity contribution in [1.82, 2.24) is 9.55 Å². The average Bonchev–Trinajstić information content (AvgIpc) is 3.32. The van der Waals surface area contributed by atoms with Gasteiger partial charge in [-0.3, -0.25) is 14.3 Å². The van der Waals surface area contributed by atoms with Crippen LogP contribution in [-0.2, 0) is 6.54 Å². The first-order chi connectivity index (χ1) is 16.5. The molecule has 8 heteroatoms. The number of rotatable bonds is 4. The molecule has 0 saturated heterocycles. The lowest BCUT2D eigenvalue weighted by molar-refractivity contribution is 0.632. The van der Waals surface area contributed by atoms with E-state index in [9.17, 15) is 9.18 Å². The molecule has 34 heavy (non-hydrogen) atoms. The van der Waals surface area contributed by atoms with E-state index < -0.39 is 0 Å². The van der Waals surface area contributed by atoms with Gasteiger partial charge in [-0.05, 0) is 55.8 Å². The first-order valence-corrected chi connectivity index (χ1v) is 12.5. The van der Waals surface area contributed by atoms with E-state index in [1.165, 1.54) is 23.0 Å². The summed E-state index contributed by atoms with van der Waals surface area (Å²) in [6.07, 6.45) is 5.31. The van der Waals surface area contributed by atoms with Crippen LogP contribution in [0, 0.1) is 12.7 Å². The lowest BCUT2D eigenvalue weighted by Gasteiger charge is -2.12. The van der Waals surface area contributed by atoms with Crippen molar-refractivity contribution in [1.29, 1.82) is 0 Å². The number of hydrogen-bond acceptors (Lipinski definition) is 6. The van der Waals surface area contributed by atoms with Crippen molar-refractivity contribution in [2.45, 2.75) is 25.3 Å². The molecule has 0 fully saturated rings. The Bertz CT molecular complexity index is 1570. The fourth-order valence-electron chi connectivity index (χ4n) is 3.90. The Labute approximate surface area is 204 Å². The summed E-state index contributed by atoms with van der Waals surface area (Å²) in [5, 5.41) is 4.07. The van der Waals surface area contributed by atoms with Crippen LogP contribution in [0.25, 0.3) is 11.1 Å². The van der Waals surface area contributed by atoms with Crippen molar-refractivity contribution in [3.63, 3.8) is 0 Å². The molecule has 4 aromatic rings. The molecule has 0 bridgehead atoms. The minimum Gasteiger partial charge on any atom is -0.351 e. The highest BCUT2D eigenvalue weighted by atomic mass is 32.2. The van der Waals surface area contributed by atoms with E-state index in [0.717, 1.165) is 25.8 Å². The molecule has 0 aliphatic carbocycles.